The van der Waals surface area contributed by atoms with E-state index in [0.29, 0.717) is 5.95 Å². The Hall–Kier alpha value is -2.66. The van der Waals surface area contributed by atoms with E-state index in [1.807, 2.05) is 42.5 Å². The summed E-state index contributed by atoms with van der Waals surface area (Å²) >= 11 is 5.93. The van der Waals surface area contributed by atoms with Crippen molar-refractivity contribution in [1.82, 2.24) is 15.2 Å². The summed E-state index contributed by atoms with van der Waals surface area (Å²) in [5.74, 6) is 1.36. The summed E-state index contributed by atoms with van der Waals surface area (Å²) in [6.07, 6.45) is 2.54. The van der Waals surface area contributed by atoms with Crippen molar-refractivity contribution in [2.75, 3.05) is 16.8 Å². The third-order valence-electron chi connectivity index (χ3n) is 4.26. The molecule has 2 aromatic carbocycles. The molecule has 0 aliphatic rings. The second-order valence-corrected chi connectivity index (χ2v) is 7.09. The average molecular weight is 382 g/mol. The number of benzene rings is 2. The van der Waals surface area contributed by atoms with Gasteiger partial charge in [0.1, 0.15) is 0 Å². The molecule has 0 radical (unpaired) electrons. The Morgan fingerprint density at radius 1 is 1.00 bits per heavy atom. The molecule has 140 valence electrons. The zero-order valence-corrected chi connectivity index (χ0v) is 16.4. The monoisotopic (exact) mass is 381 g/mol. The van der Waals surface area contributed by atoms with E-state index in [0.717, 1.165) is 30.4 Å². The lowest BCUT2D eigenvalue weighted by molar-refractivity contribution is 0.652. The molecule has 0 spiro atoms. The summed E-state index contributed by atoms with van der Waals surface area (Å²) < 4.78 is 0. The highest BCUT2D eigenvalue weighted by Gasteiger charge is 2.15. The largest absolute Gasteiger partial charge is 0.368 e. The molecule has 0 unspecified atom stereocenters. The highest BCUT2D eigenvalue weighted by molar-refractivity contribution is 6.30. The van der Waals surface area contributed by atoms with Crippen molar-refractivity contribution in [1.29, 1.82) is 0 Å². The topological polar surface area (TPSA) is 53.9 Å². The Morgan fingerprint density at radius 3 is 2.44 bits per heavy atom. The lowest BCUT2D eigenvalue weighted by atomic mass is 10.1. The first-order chi connectivity index (χ1) is 13.1. The molecule has 27 heavy (non-hydrogen) atoms. The molecule has 3 rings (SSSR count). The molecule has 0 amide bonds. The Balaban J connectivity index is 1.64. The molecule has 0 aliphatic heterocycles. The van der Waals surface area contributed by atoms with Crippen LogP contribution in [-0.2, 0) is 13.0 Å². The van der Waals surface area contributed by atoms with Crippen LogP contribution in [-0.4, -0.2) is 27.8 Å². The van der Waals surface area contributed by atoms with Crippen LogP contribution in [0.3, 0.4) is 0 Å². The van der Waals surface area contributed by atoms with Crippen molar-refractivity contribution in [2.24, 2.45) is 0 Å². The number of nitrogens with one attached hydrogen (secondary N) is 1. The van der Waals surface area contributed by atoms with E-state index < -0.39 is 0 Å². The highest BCUT2D eigenvalue weighted by Crippen LogP contribution is 2.17. The van der Waals surface area contributed by atoms with Gasteiger partial charge in [-0.3, -0.25) is 0 Å². The molecule has 0 saturated heterocycles. The quantitative estimate of drug-likeness (QED) is 0.618. The minimum Gasteiger partial charge on any atom is -0.368 e. The lowest BCUT2D eigenvalue weighted by Gasteiger charge is -2.26. The first-order valence-electron chi connectivity index (χ1n) is 9.10. The molecule has 1 heterocycles. The number of hydrogen-bond acceptors (Lipinski definition) is 5. The number of aromatic nitrogens is 3. The zero-order valence-electron chi connectivity index (χ0n) is 15.6. The smallest absolute Gasteiger partial charge is 0.247 e. The molecule has 5 nitrogen and oxygen atoms in total. The van der Waals surface area contributed by atoms with Crippen molar-refractivity contribution in [3.8, 4) is 0 Å². The van der Waals surface area contributed by atoms with E-state index in [2.05, 4.69) is 51.4 Å². The van der Waals surface area contributed by atoms with Gasteiger partial charge in [0.25, 0.3) is 0 Å². The van der Waals surface area contributed by atoms with Crippen LogP contribution >= 0.6 is 11.6 Å². The van der Waals surface area contributed by atoms with Gasteiger partial charge < -0.3 is 10.2 Å². The van der Waals surface area contributed by atoms with Crippen LogP contribution in [0.2, 0.25) is 5.02 Å². The molecule has 0 bridgehead atoms. The molecule has 1 N–H and O–H groups in total. The summed E-state index contributed by atoms with van der Waals surface area (Å²) in [4.78, 5) is 6.80. The number of rotatable bonds is 8. The molecule has 1 aromatic heterocycles. The van der Waals surface area contributed by atoms with E-state index in [1.165, 1.54) is 11.1 Å². The molecular formula is C21H24ClN5. The third kappa shape index (κ3) is 5.66. The molecule has 3 aromatic rings. The summed E-state index contributed by atoms with van der Waals surface area (Å²) in [5.41, 5.74) is 2.44. The maximum atomic E-state index is 5.93. The van der Waals surface area contributed by atoms with Crippen LogP contribution in [0.1, 0.15) is 25.0 Å². The van der Waals surface area contributed by atoms with Gasteiger partial charge in [-0.25, -0.2) is 0 Å². The number of anilines is 2. The van der Waals surface area contributed by atoms with Gasteiger partial charge in [0.15, 0.2) is 5.82 Å². The van der Waals surface area contributed by atoms with Crippen LogP contribution in [0, 0.1) is 0 Å². The molecule has 0 fully saturated rings. The first-order valence-corrected chi connectivity index (χ1v) is 9.48. The van der Waals surface area contributed by atoms with Gasteiger partial charge >= 0.3 is 0 Å². The summed E-state index contributed by atoms with van der Waals surface area (Å²) in [6, 6.07) is 18.5. The molecule has 0 atom stereocenters. The predicted octanol–water partition coefficient (Wildman–Crippen LogP) is 4.59. The highest BCUT2D eigenvalue weighted by atomic mass is 35.5. The fraction of sp³-hybridized carbons (Fsp3) is 0.286. The van der Waals surface area contributed by atoms with Crippen LogP contribution in [0.15, 0.2) is 60.8 Å². The SMILES string of the molecule is CC(C)N(Cc1ccccc1)c1nncc(NCCc2ccc(Cl)cc2)n1. The minimum atomic E-state index is 0.260. The van der Waals surface area contributed by atoms with Gasteiger partial charge in [0.2, 0.25) is 5.95 Å². The second-order valence-electron chi connectivity index (χ2n) is 6.65. The maximum Gasteiger partial charge on any atom is 0.247 e. The van der Waals surface area contributed by atoms with Gasteiger partial charge in [0, 0.05) is 24.2 Å². The van der Waals surface area contributed by atoms with Crippen molar-refractivity contribution in [3.05, 3.63) is 76.9 Å². The van der Waals surface area contributed by atoms with Gasteiger partial charge in [-0.05, 0) is 43.5 Å². The Kier molecular flexibility index (Phi) is 6.60. The summed E-state index contributed by atoms with van der Waals surface area (Å²) in [7, 11) is 0. The molecule has 0 saturated carbocycles. The number of nitrogens with zero attached hydrogens (tertiary/aromatic N) is 4. The average Bonchev–Trinajstić information content (AvgIpc) is 2.68. The zero-order chi connectivity index (χ0) is 19.1. The number of halogens is 1. The number of hydrogen-bond donors (Lipinski definition) is 1. The van der Waals surface area contributed by atoms with Gasteiger partial charge in [-0.2, -0.15) is 10.1 Å². The van der Waals surface area contributed by atoms with Crippen molar-refractivity contribution in [2.45, 2.75) is 32.9 Å². The van der Waals surface area contributed by atoms with Crippen molar-refractivity contribution in [3.63, 3.8) is 0 Å². The Morgan fingerprint density at radius 2 is 1.74 bits per heavy atom. The van der Waals surface area contributed by atoms with Crippen molar-refractivity contribution < 1.29 is 0 Å². The summed E-state index contributed by atoms with van der Waals surface area (Å²) in [5, 5.41) is 12.5. The Labute approximate surface area is 165 Å². The van der Waals surface area contributed by atoms with Crippen LogP contribution in [0.25, 0.3) is 0 Å². The predicted molar refractivity (Wildman–Crippen MR) is 111 cm³/mol. The van der Waals surface area contributed by atoms with E-state index in [4.69, 9.17) is 11.6 Å². The van der Waals surface area contributed by atoms with Gasteiger partial charge in [-0.1, -0.05) is 54.1 Å². The standard InChI is InChI=1S/C21H24ClN5/c1-16(2)27(15-18-6-4-3-5-7-18)21-25-20(14-24-26-21)23-13-12-17-8-10-19(22)11-9-17/h3-11,14,16H,12-13,15H2,1-2H3,(H,23,25,26). The van der Waals surface area contributed by atoms with E-state index in [1.54, 1.807) is 6.20 Å². The Bertz CT molecular complexity index is 837. The normalized spacial score (nSPS) is 10.8. The van der Waals surface area contributed by atoms with Gasteiger partial charge in [0.05, 0.1) is 6.20 Å². The minimum absolute atomic E-state index is 0.260. The first kappa shape index (κ1) is 19.1. The fourth-order valence-corrected chi connectivity index (χ4v) is 2.88. The van der Waals surface area contributed by atoms with E-state index in [9.17, 15) is 0 Å². The second kappa shape index (κ2) is 9.33. The van der Waals surface area contributed by atoms with Crippen LogP contribution in [0.5, 0.6) is 0 Å². The summed E-state index contributed by atoms with van der Waals surface area (Å²) in [6.45, 7) is 5.77. The van der Waals surface area contributed by atoms with Crippen LogP contribution < -0.4 is 10.2 Å². The fourth-order valence-electron chi connectivity index (χ4n) is 2.75. The molecule has 6 heteroatoms. The third-order valence-corrected chi connectivity index (χ3v) is 4.51. The van der Waals surface area contributed by atoms with Crippen LogP contribution in [0.4, 0.5) is 11.8 Å². The maximum absolute atomic E-state index is 5.93. The molecule has 0 aliphatic carbocycles. The van der Waals surface area contributed by atoms with Gasteiger partial charge in [-0.15, -0.1) is 5.10 Å². The lowest BCUT2D eigenvalue weighted by Crippen LogP contribution is -2.32. The van der Waals surface area contributed by atoms with E-state index >= 15 is 0 Å². The molecular weight excluding hydrogens is 358 g/mol. The van der Waals surface area contributed by atoms with E-state index in [-0.39, 0.29) is 6.04 Å². The van der Waals surface area contributed by atoms with Crippen molar-refractivity contribution >= 4 is 23.4 Å².